The Balaban J connectivity index is 1.64. The molecule has 1 aliphatic carbocycles. The second-order valence-electron chi connectivity index (χ2n) is 12.1. The van der Waals surface area contributed by atoms with E-state index in [4.69, 9.17) is 5.73 Å². The fourth-order valence-corrected chi connectivity index (χ4v) is 7.25. The molecule has 3 aromatic rings. The van der Waals surface area contributed by atoms with Crippen molar-refractivity contribution < 1.29 is 18.0 Å². The molecular formula is C35H34F3N3OS. The summed E-state index contributed by atoms with van der Waals surface area (Å²) in [7, 11) is 0. The van der Waals surface area contributed by atoms with E-state index in [0.717, 1.165) is 45.9 Å². The van der Waals surface area contributed by atoms with Crippen LogP contribution in [0.1, 0.15) is 66.0 Å². The van der Waals surface area contributed by atoms with E-state index in [1.807, 2.05) is 52.0 Å². The number of rotatable bonds is 6. The Morgan fingerprint density at radius 1 is 1.02 bits per heavy atom. The van der Waals surface area contributed by atoms with Crippen LogP contribution >= 0.6 is 11.8 Å². The highest BCUT2D eigenvalue weighted by atomic mass is 32.2. The molecule has 3 aromatic carbocycles. The van der Waals surface area contributed by atoms with E-state index in [9.17, 15) is 23.2 Å². The molecule has 0 amide bonds. The topological polar surface area (TPSA) is 70.1 Å². The maximum atomic E-state index is 14.0. The van der Waals surface area contributed by atoms with E-state index >= 15 is 0 Å². The van der Waals surface area contributed by atoms with Crippen molar-refractivity contribution >= 4 is 23.2 Å². The number of aryl methyl sites for hydroxylation is 1. The predicted molar refractivity (Wildman–Crippen MR) is 166 cm³/mol. The average Bonchev–Trinajstić information content (AvgIpc) is 2.93. The van der Waals surface area contributed by atoms with Crippen molar-refractivity contribution in [1.29, 1.82) is 5.26 Å². The highest BCUT2D eigenvalue weighted by molar-refractivity contribution is 7.97. The Bertz CT molecular complexity index is 1680. The van der Waals surface area contributed by atoms with Crippen LogP contribution in [0.25, 0.3) is 0 Å². The minimum atomic E-state index is -4.56. The molecule has 4 nitrogen and oxygen atoms in total. The van der Waals surface area contributed by atoms with Crippen LogP contribution in [0, 0.1) is 30.6 Å². The lowest BCUT2D eigenvalue weighted by Gasteiger charge is -2.44. The molecule has 1 heterocycles. The molecular weight excluding hydrogens is 567 g/mol. The predicted octanol–water partition coefficient (Wildman–Crippen LogP) is 8.70. The molecule has 2 aliphatic rings. The lowest BCUT2D eigenvalue weighted by atomic mass is 9.68. The standard InChI is InChI=1S/C35H34F3N3OS/c1-21-13-24(20-43-19-23-9-6-5-7-10-23)22(2)27(14-21)31-28(18-39)33(40)41(26-12-8-11-25(15-26)35(36,37)38)29-16-34(3,4)17-30(42)32(29)31/h5-15,31H,16-17,19-20,40H2,1-4H3. The summed E-state index contributed by atoms with van der Waals surface area (Å²) in [5.74, 6) is 0.819. The molecule has 0 saturated heterocycles. The van der Waals surface area contributed by atoms with Gasteiger partial charge < -0.3 is 5.73 Å². The van der Waals surface area contributed by atoms with Crippen LogP contribution in [0.15, 0.2) is 89.4 Å². The molecule has 1 aliphatic heterocycles. The lowest BCUT2D eigenvalue weighted by Crippen LogP contribution is -2.42. The number of anilines is 1. The van der Waals surface area contributed by atoms with E-state index in [1.165, 1.54) is 22.6 Å². The largest absolute Gasteiger partial charge is 0.416 e. The second kappa shape index (κ2) is 11.6. The van der Waals surface area contributed by atoms with Crippen molar-refractivity contribution in [2.75, 3.05) is 4.90 Å². The van der Waals surface area contributed by atoms with Gasteiger partial charge in [0.05, 0.1) is 23.1 Å². The number of hydrogen-bond donors (Lipinski definition) is 1. The molecule has 8 heteroatoms. The van der Waals surface area contributed by atoms with Gasteiger partial charge in [-0.15, -0.1) is 0 Å². The van der Waals surface area contributed by atoms with Crippen LogP contribution in [0.5, 0.6) is 0 Å². The number of allylic oxidation sites excluding steroid dienone is 3. The first-order valence-electron chi connectivity index (χ1n) is 14.2. The SMILES string of the molecule is Cc1cc(CSCc2ccccc2)c(C)c(C2C(C#N)=C(N)N(c3cccc(C(F)(F)F)c3)C3=C2C(=O)CC(C)(C)C3)c1. The van der Waals surface area contributed by atoms with Gasteiger partial charge in [-0.3, -0.25) is 9.69 Å². The molecule has 5 rings (SSSR count). The zero-order valence-corrected chi connectivity index (χ0v) is 25.5. The van der Waals surface area contributed by atoms with Gasteiger partial charge in [-0.1, -0.05) is 67.9 Å². The first kappa shape index (κ1) is 30.5. The number of nitrogens with two attached hydrogens (primary N) is 1. The highest BCUT2D eigenvalue weighted by Crippen LogP contribution is 2.51. The molecule has 2 N–H and O–H groups in total. The molecule has 0 fully saturated rings. The van der Waals surface area contributed by atoms with Gasteiger partial charge in [0.25, 0.3) is 0 Å². The Morgan fingerprint density at radius 3 is 2.42 bits per heavy atom. The summed E-state index contributed by atoms with van der Waals surface area (Å²) in [6.07, 6.45) is -3.87. The number of nitriles is 1. The van der Waals surface area contributed by atoms with Gasteiger partial charge in [0.2, 0.25) is 0 Å². The molecule has 0 spiro atoms. The fourth-order valence-electron chi connectivity index (χ4n) is 6.20. The monoisotopic (exact) mass is 601 g/mol. The van der Waals surface area contributed by atoms with Gasteiger partial charge in [-0.25, -0.2) is 0 Å². The van der Waals surface area contributed by atoms with Crippen LogP contribution in [-0.2, 0) is 22.5 Å². The van der Waals surface area contributed by atoms with Crippen LogP contribution in [-0.4, -0.2) is 5.78 Å². The number of carbonyl (C=O) groups is 1. The van der Waals surface area contributed by atoms with E-state index in [2.05, 4.69) is 24.3 Å². The van der Waals surface area contributed by atoms with Crippen molar-refractivity contribution in [3.63, 3.8) is 0 Å². The molecule has 1 atom stereocenters. The normalized spacial score (nSPS) is 18.5. The van der Waals surface area contributed by atoms with E-state index in [0.29, 0.717) is 17.7 Å². The van der Waals surface area contributed by atoms with Crippen molar-refractivity contribution in [3.05, 3.63) is 123 Å². The van der Waals surface area contributed by atoms with Crippen LogP contribution < -0.4 is 10.6 Å². The van der Waals surface area contributed by atoms with Crippen LogP contribution in [0.2, 0.25) is 0 Å². The molecule has 0 bridgehead atoms. The van der Waals surface area contributed by atoms with E-state index in [1.54, 1.807) is 11.8 Å². The number of ketones is 1. The third kappa shape index (κ3) is 6.09. The van der Waals surface area contributed by atoms with Crippen LogP contribution in [0.4, 0.5) is 18.9 Å². The summed E-state index contributed by atoms with van der Waals surface area (Å²) in [6.45, 7) is 7.93. The lowest BCUT2D eigenvalue weighted by molar-refractivity contribution is -0.137. The number of halogens is 3. The minimum Gasteiger partial charge on any atom is -0.384 e. The molecule has 43 heavy (non-hydrogen) atoms. The smallest absolute Gasteiger partial charge is 0.384 e. The molecule has 0 aromatic heterocycles. The van der Waals surface area contributed by atoms with Crippen LogP contribution in [0.3, 0.4) is 0 Å². The summed E-state index contributed by atoms with van der Waals surface area (Å²) >= 11 is 1.79. The van der Waals surface area contributed by atoms with Crippen molar-refractivity contribution in [2.45, 2.75) is 64.1 Å². The quantitative estimate of drug-likeness (QED) is 0.306. The van der Waals surface area contributed by atoms with Crippen molar-refractivity contribution in [1.82, 2.24) is 0 Å². The summed E-state index contributed by atoms with van der Waals surface area (Å²) in [4.78, 5) is 15.5. The molecule has 222 valence electrons. The van der Waals surface area contributed by atoms with E-state index in [-0.39, 0.29) is 29.3 Å². The number of hydrogen-bond acceptors (Lipinski definition) is 5. The Kier molecular flexibility index (Phi) is 8.24. The number of alkyl halides is 3. The molecule has 0 radical (unpaired) electrons. The molecule has 1 unspecified atom stereocenters. The van der Waals surface area contributed by atoms with Gasteiger partial charge in [0.1, 0.15) is 5.82 Å². The number of nitrogens with zero attached hydrogens (tertiary/aromatic N) is 2. The highest BCUT2D eigenvalue weighted by Gasteiger charge is 2.45. The second-order valence-corrected chi connectivity index (χ2v) is 13.1. The first-order valence-corrected chi connectivity index (χ1v) is 15.3. The Morgan fingerprint density at radius 2 is 1.74 bits per heavy atom. The zero-order chi connectivity index (χ0) is 31.1. The maximum absolute atomic E-state index is 14.0. The third-order valence-corrected chi connectivity index (χ3v) is 9.25. The summed E-state index contributed by atoms with van der Waals surface area (Å²) in [5, 5.41) is 10.5. The third-order valence-electron chi connectivity index (χ3n) is 8.19. The Labute approximate surface area is 255 Å². The Hall–Kier alpha value is -3.96. The van der Waals surface area contributed by atoms with Gasteiger partial charge in [-0.2, -0.15) is 30.2 Å². The first-order chi connectivity index (χ1) is 20.3. The number of Topliss-reactive ketones (excluding diaryl/α,β-unsaturated/α-hetero) is 1. The summed E-state index contributed by atoms with van der Waals surface area (Å²) < 4.78 is 41.1. The zero-order valence-electron chi connectivity index (χ0n) is 24.7. The summed E-state index contributed by atoms with van der Waals surface area (Å²) in [5.41, 5.74) is 11.9. The summed E-state index contributed by atoms with van der Waals surface area (Å²) in [6, 6.07) is 21.5. The van der Waals surface area contributed by atoms with E-state index < -0.39 is 23.1 Å². The number of benzene rings is 3. The van der Waals surface area contributed by atoms with Gasteiger partial charge in [-0.05, 0) is 66.1 Å². The number of thioether (sulfide) groups is 1. The minimum absolute atomic E-state index is 0.0528. The van der Waals surface area contributed by atoms with Gasteiger partial charge in [0, 0.05) is 34.9 Å². The average molecular weight is 602 g/mol. The number of carbonyl (C=O) groups excluding carboxylic acids is 1. The fraction of sp³-hybridized carbons (Fsp3) is 0.314. The van der Waals surface area contributed by atoms with Gasteiger partial charge in [0.15, 0.2) is 5.78 Å². The maximum Gasteiger partial charge on any atom is 0.416 e. The molecule has 0 saturated carbocycles. The van der Waals surface area contributed by atoms with Crippen molar-refractivity contribution in [2.24, 2.45) is 11.1 Å². The van der Waals surface area contributed by atoms with Crippen molar-refractivity contribution in [3.8, 4) is 6.07 Å². The van der Waals surface area contributed by atoms with Gasteiger partial charge >= 0.3 is 6.18 Å².